The van der Waals surface area contributed by atoms with Gasteiger partial charge in [-0.3, -0.25) is 0 Å². The third kappa shape index (κ3) is 1.53. The summed E-state index contributed by atoms with van der Waals surface area (Å²) in [6.07, 6.45) is -3.35. The van der Waals surface area contributed by atoms with Crippen LogP contribution >= 0.6 is 0 Å². The average Bonchev–Trinajstić information content (AvgIpc) is 2.31. The zero-order chi connectivity index (χ0) is 9.35. The molecular formula is C6H7F3N2O. The Kier molecular flexibility index (Phi) is 2.01. The van der Waals surface area contributed by atoms with Crippen molar-refractivity contribution in [3.05, 3.63) is 18.0 Å². The molecule has 0 bridgehead atoms. The number of nitrogens with two attached hydrogens (primary N) is 1. The van der Waals surface area contributed by atoms with Gasteiger partial charge in [-0.15, -0.1) is 0 Å². The number of hydrogen-bond donors (Lipinski definition) is 3. The molecule has 0 aromatic carbocycles. The Morgan fingerprint density at radius 2 is 2.08 bits per heavy atom. The zero-order valence-corrected chi connectivity index (χ0v) is 5.89. The molecule has 12 heavy (non-hydrogen) atoms. The summed E-state index contributed by atoms with van der Waals surface area (Å²) in [5, 5.41) is 8.87. The van der Waals surface area contributed by atoms with E-state index in [1.165, 1.54) is 6.20 Å². The van der Waals surface area contributed by atoms with Gasteiger partial charge >= 0.3 is 6.18 Å². The van der Waals surface area contributed by atoms with E-state index >= 15 is 0 Å². The van der Waals surface area contributed by atoms with E-state index in [1.54, 1.807) is 0 Å². The number of hydrogen-bond acceptors (Lipinski definition) is 2. The minimum absolute atomic E-state index is 0.414. The molecule has 4 N–H and O–H groups in total. The molecule has 1 rings (SSSR count). The van der Waals surface area contributed by atoms with Gasteiger partial charge in [0.25, 0.3) is 0 Å². The maximum atomic E-state index is 11.9. The minimum atomic E-state index is -4.54. The number of alkyl halides is 3. The fraction of sp³-hybridized carbons (Fsp3) is 0.333. The lowest BCUT2D eigenvalue weighted by atomic mass is 10.2. The maximum absolute atomic E-state index is 11.9. The van der Waals surface area contributed by atoms with Crippen molar-refractivity contribution in [3.63, 3.8) is 0 Å². The Balaban J connectivity index is 2.92. The van der Waals surface area contributed by atoms with Gasteiger partial charge in [-0.1, -0.05) is 0 Å². The van der Waals surface area contributed by atoms with Crippen LogP contribution in [0.4, 0.5) is 13.2 Å². The highest BCUT2D eigenvalue weighted by Crippen LogP contribution is 2.33. The summed E-state index contributed by atoms with van der Waals surface area (Å²) in [6, 6.07) is -1.05. The molecule has 0 fully saturated rings. The highest BCUT2D eigenvalue weighted by molar-refractivity contribution is 5.29. The number of halogens is 3. The van der Waals surface area contributed by atoms with E-state index < -0.39 is 23.7 Å². The Morgan fingerprint density at radius 3 is 2.42 bits per heavy atom. The largest absolute Gasteiger partial charge is 0.506 e. The zero-order valence-electron chi connectivity index (χ0n) is 5.89. The van der Waals surface area contributed by atoms with Crippen LogP contribution < -0.4 is 5.73 Å². The number of aromatic hydroxyl groups is 1. The van der Waals surface area contributed by atoms with Crippen LogP contribution in [0.1, 0.15) is 11.7 Å². The summed E-state index contributed by atoms with van der Waals surface area (Å²) in [7, 11) is 0. The van der Waals surface area contributed by atoms with Crippen LogP contribution in [0.15, 0.2) is 12.3 Å². The van der Waals surface area contributed by atoms with Gasteiger partial charge in [0.15, 0.2) is 0 Å². The highest BCUT2D eigenvalue weighted by Gasteiger charge is 2.39. The van der Waals surface area contributed by atoms with Gasteiger partial charge in [-0.05, 0) is 6.07 Å². The lowest BCUT2D eigenvalue weighted by molar-refractivity contribution is -0.150. The Bertz CT molecular complexity index is 268. The lowest BCUT2D eigenvalue weighted by Crippen LogP contribution is -2.28. The van der Waals surface area contributed by atoms with Gasteiger partial charge < -0.3 is 15.8 Å². The highest BCUT2D eigenvalue weighted by atomic mass is 19.4. The number of nitrogens with one attached hydrogen (secondary N) is 1. The van der Waals surface area contributed by atoms with Gasteiger partial charge in [-0.2, -0.15) is 13.2 Å². The molecule has 6 heteroatoms. The summed E-state index contributed by atoms with van der Waals surface area (Å²) in [5.41, 5.74) is 4.39. The van der Waals surface area contributed by atoms with Crippen molar-refractivity contribution < 1.29 is 18.3 Å². The summed E-state index contributed by atoms with van der Waals surface area (Å²) in [6.45, 7) is 0. The molecule has 1 atom stereocenters. The predicted molar refractivity (Wildman–Crippen MR) is 35.4 cm³/mol. The first-order chi connectivity index (χ1) is 5.43. The van der Waals surface area contributed by atoms with Gasteiger partial charge in [0.1, 0.15) is 11.8 Å². The fourth-order valence-electron chi connectivity index (χ4n) is 0.787. The topological polar surface area (TPSA) is 62.0 Å². The number of rotatable bonds is 1. The second-order valence-electron chi connectivity index (χ2n) is 2.30. The minimum Gasteiger partial charge on any atom is -0.506 e. The van der Waals surface area contributed by atoms with Crippen molar-refractivity contribution in [3.8, 4) is 5.75 Å². The summed E-state index contributed by atoms with van der Waals surface area (Å²) >= 11 is 0. The van der Waals surface area contributed by atoms with Crippen molar-refractivity contribution in [1.82, 2.24) is 4.98 Å². The predicted octanol–water partition coefficient (Wildman–Crippen LogP) is 1.28. The first-order valence-corrected chi connectivity index (χ1v) is 3.11. The molecule has 3 nitrogen and oxygen atoms in total. The lowest BCUT2D eigenvalue weighted by Gasteiger charge is -2.14. The van der Waals surface area contributed by atoms with Crippen LogP contribution in [-0.4, -0.2) is 16.3 Å². The molecule has 0 radical (unpaired) electrons. The standard InChI is InChI=1S/C6H7F3N2O/c7-6(8,9)5(10)4-3(12)1-2-11-4/h1-2,5,11-12H,10H2/t5-/m0/s1. The van der Waals surface area contributed by atoms with E-state index in [1.807, 2.05) is 0 Å². The smallest absolute Gasteiger partial charge is 0.409 e. The quantitative estimate of drug-likeness (QED) is 0.609. The molecule has 0 aliphatic heterocycles. The van der Waals surface area contributed by atoms with Gasteiger partial charge in [-0.25, -0.2) is 0 Å². The van der Waals surface area contributed by atoms with E-state index in [4.69, 9.17) is 10.8 Å². The molecule has 1 aromatic rings. The van der Waals surface area contributed by atoms with E-state index in [2.05, 4.69) is 4.98 Å². The fourth-order valence-corrected chi connectivity index (χ4v) is 0.787. The molecular weight excluding hydrogens is 173 g/mol. The molecule has 1 heterocycles. The van der Waals surface area contributed by atoms with E-state index in [0.29, 0.717) is 0 Å². The second kappa shape index (κ2) is 2.71. The first-order valence-electron chi connectivity index (χ1n) is 3.11. The van der Waals surface area contributed by atoms with Gasteiger partial charge in [0.05, 0.1) is 5.69 Å². The van der Waals surface area contributed by atoms with Gasteiger partial charge in [0, 0.05) is 6.20 Å². The Hall–Kier alpha value is -1.17. The molecule has 0 unspecified atom stereocenters. The summed E-state index contributed by atoms with van der Waals surface area (Å²) < 4.78 is 35.8. The van der Waals surface area contributed by atoms with Crippen LogP contribution in [-0.2, 0) is 0 Å². The number of aromatic amines is 1. The molecule has 0 spiro atoms. The number of aromatic nitrogens is 1. The normalized spacial score (nSPS) is 14.7. The molecule has 68 valence electrons. The van der Waals surface area contributed by atoms with Crippen molar-refractivity contribution in [2.24, 2.45) is 5.73 Å². The summed E-state index contributed by atoms with van der Waals surface area (Å²) in [4.78, 5) is 2.22. The van der Waals surface area contributed by atoms with Crippen LogP contribution in [0.25, 0.3) is 0 Å². The third-order valence-electron chi connectivity index (χ3n) is 1.42. The van der Waals surface area contributed by atoms with E-state index in [-0.39, 0.29) is 0 Å². The van der Waals surface area contributed by atoms with Crippen molar-refractivity contribution >= 4 is 0 Å². The van der Waals surface area contributed by atoms with E-state index in [9.17, 15) is 13.2 Å². The molecule has 0 saturated heterocycles. The number of H-pyrrole nitrogens is 1. The van der Waals surface area contributed by atoms with Crippen LogP contribution in [0.5, 0.6) is 5.75 Å². The molecule has 0 amide bonds. The van der Waals surface area contributed by atoms with Crippen LogP contribution in [0, 0.1) is 0 Å². The van der Waals surface area contributed by atoms with Crippen molar-refractivity contribution in [2.75, 3.05) is 0 Å². The van der Waals surface area contributed by atoms with Gasteiger partial charge in [0.2, 0.25) is 0 Å². The first kappa shape index (κ1) is 8.92. The third-order valence-corrected chi connectivity index (χ3v) is 1.42. The molecule has 0 aliphatic rings. The molecule has 0 aliphatic carbocycles. The second-order valence-corrected chi connectivity index (χ2v) is 2.30. The van der Waals surface area contributed by atoms with Crippen molar-refractivity contribution in [1.29, 1.82) is 0 Å². The molecule has 0 saturated carbocycles. The van der Waals surface area contributed by atoms with E-state index in [0.717, 1.165) is 6.07 Å². The Morgan fingerprint density at radius 1 is 1.50 bits per heavy atom. The monoisotopic (exact) mass is 180 g/mol. The SMILES string of the molecule is N[C@@H](c1[nH]ccc1O)C(F)(F)F. The van der Waals surface area contributed by atoms with Crippen molar-refractivity contribution in [2.45, 2.75) is 12.2 Å². The molecule has 1 aromatic heterocycles. The Labute approximate surface area is 66.0 Å². The summed E-state index contributed by atoms with van der Waals surface area (Å²) in [5.74, 6) is -0.472. The maximum Gasteiger partial charge on any atom is 0.409 e. The van der Waals surface area contributed by atoms with Crippen LogP contribution in [0.2, 0.25) is 0 Å². The average molecular weight is 180 g/mol. The van der Waals surface area contributed by atoms with Crippen LogP contribution in [0.3, 0.4) is 0 Å².